The lowest BCUT2D eigenvalue weighted by Crippen LogP contribution is -2.32. The maximum absolute atomic E-state index is 12.2. The number of carbonyl (C=O) groups excluding carboxylic acids is 2. The third kappa shape index (κ3) is 5.96. The van der Waals surface area contributed by atoms with Gasteiger partial charge in [0.1, 0.15) is 5.82 Å². The Kier molecular flexibility index (Phi) is 7.61. The molecule has 144 valence electrons. The Morgan fingerprint density at radius 3 is 2.48 bits per heavy atom. The molecule has 2 aromatic rings. The molecule has 1 aromatic heterocycles. The second-order valence-electron chi connectivity index (χ2n) is 6.17. The van der Waals surface area contributed by atoms with Crippen molar-refractivity contribution in [1.29, 1.82) is 0 Å². The number of halogens is 1. The van der Waals surface area contributed by atoms with Crippen molar-refractivity contribution in [3.8, 4) is 0 Å². The van der Waals surface area contributed by atoms with Crippen LogP contribution in [-0.4, -0.2) is 23.5 Å². The van der Waals surface area contributed by atoms with Crippen molar-refractivity contribution < 1.29 is 9.59 Å². The van der Waals surface area contributed by atoms with Gasteiger partial charge in [-0.1, -0.05) is 37.6 Å². The van der Waals surface area contributed by atoms with Gasteiger partial charge >= 0.3 is 6.03 Å². The number of aryl methyl sites for hydroxylation is 2. The normalized spacial score (nSPS) is 10.4. The fourth-order valence-corrected chi connectivity index (χ4v) is 2.95. The Bertz CT molecular complexity index is 806. The molecule has 7 heteroatoms. The third-order valence-corrected chi connectivity index (χ3v) is 4.49. The van der Waals surface area contributed by atoms with Crippen LogP contribution in [0.15, 0.2) is 30.5 Å². The Balaban J connectivity index is 1.87. The summed E-state index contributed by atoms with van der Waals surface area (Å²) in [6.07, 6.45) is 3.34. The molecule has 0 spiro atoms. The van der Waals surface area contributed by atoms with E-state index in [0.29, 0.717) is 17.3 Å². The molecule has 3 N–H and O–H groups in total. The average Bonchev–Trinajstić information content (AvgIpc) is 2.64. The van der Waals surface area contributed by atoms with E-state index in [1.807, 2.05) is 39.0 Å². The fraction of sp³-hybridized carbons (Fsp3) is 0.350. The van der Waals surface area contributed by atoms with Crippen LogP contribution < -0.4 is 16.0 Å². The highest BCUT2D eigenvalue weighted by molar-refractivity contribution is 6.32. The molecule has 0 bridgehead atoms. The van der Waals surface area contributed by atoms with Crippen LogP contribution in [0.2, 0.25) is 5.02 Å². The Morgan fingerprint density at radius 1 is 1.07 bits per heavy atom. The van der Waals surface area contributed by atoms with Gasteiger partial charge in [-0.15, -0.1) is 0 Å². The molecule has 0 aliphatic carbocycles. The number of urea groups is 1. The Hall–Kier alpha value is -2.60. The minimum atomic E-state index is -0.358. The third-order valence-electron chi connectivity index (χ3n) is 4.13. The summed E-state index contributed by atoms with van der Waals surface area (Å²) in [6.45, 7) is 6.16. The topological polar surface area (TPSA) is 83.1 Å². The number of aromatic nitrogens is 1. The maximum atomic E-state index is 12.2. The van der Waals surface area contributed by atoms with Crippen molar-refractivity contribution in [3.05, 3.63) is 52.2 Å². The zero-order valence-electron chi connectivity index (χ0n) is 15.9. The largest absolute Gasteiger partial charge is 0.337 e. The van der Waals surface area contributed by atoms with Gasteiger partial charge in [-0.25, -0.2) is 9.78 Å². The molecule has 0 saturated heterocycles. The van der Waals surface area contributed by atoms with E-state index in [4.69, 9.17) is 11.6 Å². The molecule has 3 amide bonds. The van der Waals surface area contributed by atoms with Crippen LogP contribution in [0, 0.1) is 6.92 Å². The quantitative estimate of drug-likeness (QED) is 0.660. The summed E-state index contributed by atoms with van der Waals surface area (Å²) in [4.78, 5) is 28.3. The zero-order chi connectivity index (χ0) is 19.8. The lowest BCUT2D eigenvalue weighted by atomic mass is 10.0. The first-order valence-corrected chi connectivity index (χ1v) is 9.40. The SMILES string of the molecule is CCc1ccc(Cl)c(CC)c1NC(=O)NCCC(=O)Nc1ccc(C)cn1. The van der Waals surface area contributed by atoms with Crippen molar-refractivity contribution >= 4 is 35.0 Å². The van der Waals surface area contributed by atoms with Crippen molar-refractivity contribution in [3.63, 3.8) is 0 Å². The molecule has 1 aromatic carbocycles. The first kappa shape index (κ1) is 20.7. The van der Waals surface area contributed by atoms with Gasteiger partial charge in [-0.05, 0) is 48.6 Å². The van der Waals surface area contributed by atoms with Gasteiger partial charge in [-0.3, -0.25) is 4.79 Å². The molecule has 0 fully saturated rings. The summed E-state index contributed by atoms with van der Waals surface area (Å²) in [7, 11) is 0. The Morgan fingerprint density at radius 2 is 1.85 bits per heavy atom. The number of rotatable bonds is 7. The Labute approximate surface area is 164 Å². The summed E-state index contributed by atoms with van der Waals surface area (Å²) < 4.78 is 0. The monoisotopic (exact) mass is 388 g/mol. The fourth-order valence-electron chi connectivity index (χ4n) is 2.66. The minimum absolute atomic E-state index is 0.153. The van der Waals surface area contributed by atoms with Gasteiger partial charge < -0.3 is 16.0 Å². The van der Waals surface area contributed by atoms with E-state index in [-0.39, 0.29) is 24.9 Å². The second kappa shape index (κ2) is 9.92. The van der Waals surface area contributed by atoms with E-state index in [2.05, 4.69) is 20.9 Å². The number of anilines is 2. The van der Waals surface area contributed by atoms with Gasteiger partial charge in [-0.2, -0.15) is 0 Å². The number of nitrogens with one attached hydrogen (secondary N) is 3. The number of hydrogen-bond acceptors (Lipinski definition) is 3. The van der Waals surface area contributed by atoms with Crippen molar-refractivity contribution in [2.24, 2.45) is 0 Å². The summed E-state index contributed by atoms with van der Waals surface area (Å²) in [5.41, 5.74) is 3.70. The lowest BCUT2D eigenvalue weighted by Gasteiger charge is -2.16. The molecule has 0 aliphatic heterocycles. The maximum Gasteiger partial charge on any atom is 0.319 e. The summed E-state index contributed by atoms with van der Waals surface area (Å²) in [5.74, 6) is 0.284. The molecular weight excluding hydrogens is 364 g/mol. The summed E-state index contributed by atoms with van der Waals surface area (Å²) >= 11 is 6.24. The second-order valence-corrected chi connectivity index (χ2v) is 6.57. The van der Waals surface area contributed by atoms with Crippen molar-refractivity contribution in [2.75, 3.05) is 17.2 Å². The highest BCUT2D eigenvalue weighted by Crippen LogP contribution is 2.29. The predicted octanol–water partition coefficient (Wildman–Crippen LogP) is 4.32. The minimum Gasteiger partial charge on any atom is -0.337 e. The van der Waals surface area contributed by atoms with Crippen molar-refractivity contribution in [1.82, 2.24) is 10.3 Å². The molecule has 0 atom stereocenters. The van der Waals surface area contributed by atoms with Crippen LogP contribution in [0.5, 0.6) is 0 Å². The molecule has 2 rings (SSSR count). The van der Waals surface area contributed by atoms with E-state index in [0.717, 1.165) is 28.8 Å². The molecule has 0 unspecified atom stereocenters. The number of carbonyl (C=O) groups is 2. The molecule has 0 aliphatic rings. The lowest BCUT2D eigenvalue weighted by molar-refractivity contribution is -0.116. The van der Waals surface area contributed by atoms with Crippen LogP contribution in [0.3, 0.4) is 0 Å². The number of hydrogen-bond donors (Lipinski definition) is 3. The highest BCUT2D eigenvalue weighted by atomic mass is 35.5. The number of amides is 3. The van der Waals surface area contributed by atoms with E-state index in [1.165, 1.54) is 0 Å². The first-order chi connectivity index (χ1) is 12.9. The van der Waals surface area contributed by atoms with Gasteiger partial charge in [0.25, 0.3) is 0 Å². The van der Waals surface area contributed by atoms with E-state index in [1.54, 1.807) is 12.3 Å². The van der Waals surface area contributed by atoms with Crippen LogP contribution >= 0.6 is 11.6 Å². The molecule has 1 heterocycles. The van der Waals surface area contributed by atoms with E-state index >= 15 is 0 Å². The number of benzene rings is 1. The predicted molar refractivity (Wildman–Crippen MR) is 109 cm³/mol. The zero-order valence-corrected chi connectivity index (χ0v) is 16.6. The van der Waals surface area contributed by atoms with E-state index in [9.17, 15) is 9.59 Å². The average molecular weight is 389 g/mol. The van der Waals surface area contributed by atoms with E-state index < -0.39 is 0 Å². The van der Waals surface area contributed by atoms with Gasteiger partial charge in [0.2, 0.25) is 5.91 Å². The molecular formula is C20H25ClN4O2. The standard InChI is InChI=1S/C20H25ClN4O2/c1-4-14-7-8-16(21)15(5-2)19(14)25-20(27)22-11-10-18(26)24-17-9-6-13(3)12-23-17/h6-9,12H,4-5,10-11H2,1-3H3,(H2,22,25,27)(H,23,24,26). The smallest absolute Gasteiger partial charge is 0.319 e. The van der Waals surface area contributed by atoms with Crippen molar-refractivity contribution in [2.45, 2.75) is 40.0 Å². The molecule has 27 heavy (non-hydrogen) atoms. The number of pyridine rings is 1. The van der Waals surface area contributed by atoms with Crippen LogP contribution in [-0.2, 0) is 17.6 Å². The molecule has 0 radical (unpaired) electrons. The van der Waals surface area contributed by atoms with Gasteiger partial charge in [0.05, 0.1) is 5.69 Å². The molecule has 6 nitrogen and oxygen atoms in total. The van der Waals surface area contributed by atoms with Crippen LogP contribution in [0.25, 0.3) is 0 Å². The van der Waals surface area contributed by atoms with Crippen LogP contribution in [0.1, 0.15) is 37.0 Å². The first-order valence-electron chi connectivity index (χ1n) is 9.02. The summed E-state index contributed by atoms with van der Waals surface area (Å²) in [6, 6.07) is 7.02. The van der Waals surface area contributed by atoms with Gasteiger partial charge in [0, 0.05) is 24.2 Å². The highest BCUT2D eigenvalue weighted by Gasteiger charge is 2.13. The molecule has 0 saturated carbocycles. The number of nitrogens with zero attached hydrogens (tertiary/aromatic N) is 1. The van der Waals surface area contributed by atoms with Crippen LogP contribution in [0.4, 0.5) is 16.3 Å². The van der Waals surface area contributed by atoms with Gasteiger partial charge in [0.15, 0.2) is 0 Å². The summed E-state index contributed by atoms with van der Waals surface area (Å²) in [5, 5.41) is 8.91.